The number of rotatable bonds is 7. The summed E-state index contributed by atoms with van der Waals surface area (Å²) in [6.07, 6.45) is 0.293. The molecule has 0 aliphatic heterocycles. The van der Waals surface area contributed by atoms with Crippen LogP contribution in [0.5, 0.6) is 5.75 Å². The zero-order valence-electron chi connectivity index (χ0n) is 19.5. The van der Waals surface area contributed by atoms with Crippen LogP contribution in [-0.4, -0.2) is 12.8 Å². The van der Waals surface area contributed by atoms with Crippen molar-refractivity contribution in [3.63, 3.8) is 0 Å². The lowest BCUT2D eigenvalue weighted by Crippen LogP contribution is -2.66. The van der Waals surface area contributed by atoms with Crippen LogP contribution in [-0.2, 0) is 0 Å². The van der Waals surface area contributed by atoms with Gasteiger partial charge in [0.1, 0.15) is 11.9 Å². The first-order valence-electron chi connectivity index (χ1n) is 11.7. The van der Waals surface area contributed by atoms with Gasteiger partial charge in [0.15, 0.2) is 0 Å². The van der Waals surface area contributed by atoms with Gasteiger partial charge in [0.05, 0.1) is 6.61 Å². The first-order chi connectivity index (χ1) is 16.2. The van der Waals surface area contributed by atoms with Crippen LogP contribution in [0.25, 0.3) is 0 Å². The summed E-state index contributed by atoms with van der Waals surface area (Å²) in [5.74, 6) is 8.23. The van der Waals surface area contributed by atoms with Gasteiger partial charge in [-0.1, -0.05) is 97.1 Å². The van der Waals surface area contributed by atoms with Crippen LogP contribution in [0, 0.1) is 25.6 Å². The van der Waals surface area contributed by atoms with Crippen LogP contribution >= 0.6 is 0 Å². The Morgan fingerprint density at radius 2 is 1.09 bits per heavy atom. The van der Waals surface area contributed by atoms with Gasteiger partial charge in [0, 0.05) is 6.42 Å². The third kappa shape index (κ3) is 5.39. The van der Waals surface area contributed by atoms with Crippen molar-refractivity contribution in [3.05, 3.63) is 120 Å². The molecule has 0 saturated heterocycles. The molecule has 0 aliphatic carbocycles. The molecule has 0 unspecified atom stereocenters. The van der Waals surface area contributed by atoms with E-state index in [-0.39, 0.29) is 0 Å². The molecule has 164 valence electrons. The van der Waals surface area contributed by atoms with E-state index >= 15 is 0 Å². The van der Waals surface area contributed by atoms with E-state index in [0.717, 1.165) is 18.6 Å². The van der Waals surface area contributed by atoms with E-state index in [9.17, 15) is 0 Å². The first-order valence-corrected chi connectivity index (χ1v) is 11.7. The van der Waals surface area contributed by atoms with E-state index in [0.29, 0.717) is 6.61 Å². The van der Waals surface area contributed by atoms with Gasteiger partial charge in [-0.25, -0.2) is 0 Å². The fourth-order valence-corrected chi connectivity index (χ4v) is 4.64. The summed E-state index contributed by atoms with van der Waals surface area (Å²) in [6, 6.07) is 38.4. The lowest BCUT2D eigenvalue weighted by Gasteiger charge is -2.38. The Labute approximate surface area is 198 Å². The number of aryl methyl sites for hydroxylation is 2. The standard InChI is InChI=1S/C31H30BO/c1-26-23-27(2)25-31(24-26)33-22-14-6-13-21-32(28-15-7-3-8-16-28,29-17-9-4-10-18-29)30-19-11-5-12-20-30/h3-5,7-12,15-20,23-25H,6,14,22H2,1-2H3/q-1. The Morgan fingerprint density at radius 1 is 0.636 bits per heavy atom. The Balaban J connectivity index is 1.61. The summed E-state index contributed by atoms with van der Waals surface area (Å²) in [5, 5.41) is 0. The summed E-state index contributed by atoms with van der Waals surface area (Å²) in [6.45, 7) is 4.87. The fraction of sp³-hybridized carbons (Fsp3) is 0.161. The average molecular weight is 429 g/mol. The highest BCUT2D eigenvalue weighted by Crippen LogP contribution is 2.16. The van der Waals surface area contributed by atoms with Gasteiger partial charge >= 0.3 is 0 Å². The zero-order chi connectivity index (χ0) is 22.9. The minimum atomic E-state index is -1.39. The zero-order valence-corrected chi connectivity index (χ0v) is 19.5. The molecule has 0 aliphatic rings. The minimum absolute atomic E-state index is 0.666. The normalized spacial score (nSPS) is 10.8. The molecular formula is C31H30BO-. The summed E-state index contributed by atoms with van der Waals surface area (Å²) in [7, 11) is 0. The van der Waals surface area contributed by atoms with Gasteiger partial charge in [-0.15, -0.1) is 5.92 Å². The second-order valence-electron chi connectivity index (χ2n) is 8.69. The van der Waals surface area contributed by atoms with Gasteiger partial charge in [-0.2, -0.15) is 16.4 Å². The molecule has 0 amide bonds. The molecule has 0 spiro atoms. The Morgan fingerprint density at radius 3 is 1.55 bits per heavy atom. The SMILES string of the molecule is Cc1cc(C)cc(OCCCC#C[B-](c2ccccc2)(c2ccccc2)c2ccccc2)c1. The Bertz CT molecular complexity index is 1100. The number of ether oxygens (including phenoxy) is 1. The average Bonchev–Trinajstić information content (AvgIpc) is 2.85. The van der Waals surface area contributed by atoms with Crippen molar-refractivity contribution in [1.29, 1.82) is 0 Å². The van der Waals surface area contributed by atoms with Crippen LogP contribution in [0.1, 0.15) is 24.0 Å². The summed E-state index contributed by atoms with van der Waals surface area (Å²) in [5.41, 5.74) is 6.19. The van der Waals surface area contributed by atoms with Crippen molar-refractivity contribution in [3.8, 4) is 17.5 Å². The topological polar surface area (TPSA) is 9.23 Å². The maximum atomic E-state index is 5.99. The molecule has 0 atom stereocenters. The van der Waals surface area contributed by atoms with Crippen molar-refractivity contribution in [1.82, 2.24) is 0 Å². The molecule has 0 bridgehead atoms. The van der Waals surface area contributed by atoms with E-state index in [1.54, 1.807) is 0 Å². The number of hydrogen-bond donors (Lipinski definition) is 0. The van der Waals surface area contributed by atoms with Crippen molar-refractivity contribution >= 4 is 22.5 Å². The maximum absolute atomic E-state index is 5.99. The largest absolute Gasteiger partial charge is 0.494 e. The molecule has 1 nitrogen and oxygen atoms in total. The highest BCUT2D eigenvalue weighted by atomic mass is 16.5. The van der Waals surface area contributed by atoms with Crippen molar-refractivity contribution in [2.75, 3.05) is 6.61 Å². The molecule has 4 rings (SSSR count). The molecule has 4 aromatic carbocycles. The van der Waals surface area contributed by atoms with Crippen LogP contribution in [0.4, 0.5) is 0 Å². The van der Waals surface area contributed by atoms with Crippen molar-refractivity contribution in [2.24, 2.45) is 0 Å². The lowest BCUT2D eigenvalue weighted by atomic mass is 9.16. The van der Waals surface area contributed by atoms with Crippen LogP contribution in [0.2, 0.25) is 0 Å². The van der Waals surface area contributed by atoms with Gasteiger partial charge in [0.2, 0.25) is 0 Å². The maximum Gasteiger partial charge on any atom is 0.149 e. The number of unbranched alkanes of at least 4 members (excludes halogenated alkanes) is 1. The molecular weight excluding hydrogens is 399 g/mol. The minimum Gasteiger partial charge on any atom is -0.494 e. The first kappa shape index (κ1) is 22.5. The second-order valence-corrected chi connectivity index (χ2v) is 8.69. The van der Waals surface area contributed by atoms with E-state index in [2.05, 4.69) is 135 Å². The Kier molecular flexibility index (Phi) is 7.33. The summed E-state index contributed by atoms with van der Waals surface area (Å²) >= 11 is 0. The number of hydrogen-bond acceptors (Lipinski definition) is 1. The van der Waals surface area contributed by atoms with Crippen molar-refractivity contribution < 1.29 is 4.74 Å². The molecule has 2 heteroatoms. The van der Waals surface area contributed by atoms with Gasteiger partial charge in [-0.3, -0.25) is 5.82 Å². The highest BCUT2D eigenvalue weighted by molar-refractivity contribution is 7.16. The smallest absolute Gasteiger partial charge is 0.149 e. The van der Waals surface area contributed by atoms with Gasteiger partial charge in [-0.05, 0) is 43.5 Å². The quantitative estimate of drug-likeness (QED) is 0.224. The highest BCUT2D eigenvalue weighted by Gasteiger charge is 2.27. The second kappa shape index (κ2) is 10.8. The van der Waals surface area contributed by atoms with Gasteiger partial charge < -0.3 is 4.74 Å². The van der Waals surface area contributed by atoms with Crippen LogP contribution in [0.15, 0.2) is 109 Å². The third-order valence-corrected chi connectivity index (χ3v) is 6.13. The monoisotopic (exact) mass is 429 g/mol. The van der Waals surface area contributed by atoms with E-state index in [1.807, 2.05) is 0 Å². The third-order valence-electron chi connectivity index (χ3n) is 6.13. The summed E-state index contributed by atoms with van der Waals surface area (Å²) < 4.78 is 5.99. The summed E-state index contributed by atoms with van der Waals surface area (Å²) in [4.78, 5) is 0. The molecule has 0 N–H and O–H groups in total. The van der Waals surface area contributed by atoms with Crippen molar-refractivity contribution in [2.45, 2.75) is 26.7 Å². The lowest BCUT2D eigenvalue weighted by molar-refractivity contribution is 0.312. The van der Waals surface area contributed by atoms with Crippen LogP contribution < -0.4 is 21.1 Å². The molecule has 0 radical (unpaired) electrons. The van der Waals surface area contributed by atoms with Gasteiger partial charge in [0.25, 0.3) is 0 Å². The molecule has 0 heterocycles. The van der Waals surface area contributed by atoms with E-state index in [1.165, 1.54) is 27.5 Å². The Hall–Kier alpha value is -3.70. The fourth-order valence-electron chi connectivity index (χ4n) is 4.64. The number of benzene rings is 4. The molecule has 0 fully saturated rings. The van der Waals surface area contributed by atoms with Crippen LogP contribution in [0.3, 0.4) is 0 Å². The van der Waals surface area contributed by atoms with E-state index < -0.39 is 6.15 Å². The molecule has 4 aromatic rings. The predicted molar refractivity (Wildman–Crippen MR) is 142 cm³/mol. The predicted octanol–water partition coefficient (Wildman–Crippen LogP) is 5.18. The van der Waals surface area contributed by atoms with E-state index in [4.69, 9.17) is 4.74 Å². The molecule has 33 heavy (non-hydrogen) atoms. The molecule has 0 aromatic heterocycles. The molecule has 0 saturated carbocycles.